The van der Waals surface area contributed by atoms with Crippen LogP contribution >= 0.6 is 0 Å². The lowest BCUT2D eigenvalue weighted by Crippen LogP contribution is -2.56. The van der Waals surface area contributed by atoms with Crippen LogP contribution in [0.5, 0.6) is 0 Å². The molecule has 0 bridgehead atoms. The molecule has 1 aromatic carbocycles. The van der Waals surface area contributed by atoms with Crippen LogP contribution in [0.15, 0.2) is 30.3 Å². The summed E-state index contributed by atoms with van der Waals surface area (Å²) in [6.45, 7) is 4.48. The lowest BCUT2D eigenvalue weighted by molar-refractivity contribution is -0.147. The summed E-state index contributed by atoms with van der Waals surface area (Å²) in [7, 11) is 0. The predicted molar refractivity (Wildman–Crippen MR) is 97.1 cm³/mol. The standard InChI is InChI=1S/C19H26N4O3/c1-14(17(24)20-13-15-5-3-2-4-6-15)22-9-11-23(12-10-22)19(26)18(25)21-16-7-8-16/h2-6,14,16H,7-13H2,1H3,(H,20,24)(H,21,25). The molecular weight excluding hydrogens is 332 g/mol. The van der Waals surface area contributed by atoms with Gasteiger partial charge in [-0.25, -0.2) is 0 Å². The van der Waals surface area contributed by atoms with Gasteiger partial charge in [0.15, 0.2) is 0 Å². The highest BCUT2D eigenvalue weighted by Gasteiger charge is 2.32. The third-order valence-electron chi connectivity index (χ3n) is 4.95. The van der Waals surface area contributed by atoms with E-state index in [1.54, 1.807) is 4.90 Å². The average molecular weight is 358 g/mol. The maximum atomic E-state index is 12.4. The minimum Gasteiger partial charge on any atom is -0.351 e. The number of hydrogen-bond donors (Lipinski definition) is 2. The van der Waals surface area contributed by atoms with E-state index in [1.807, 2.05) is 42.2 Å². The van der Waals surface area contributed by atoms with Crippen molar-refractivity contribution in [3.05, 3.63) is 35.9 Å². The summed E-state index contributed by atoms with van der Waals surface area (Å²) < 4.78 is 0. The second-order valence-electron chi connectivity index (χ2n) is 6.96. The molecule has 3 amide bonds. The first-order valence-corrected chi connectivity index (χ1v) is 9.20. The number of carbonyl (C=O) groups excluding carboxylic acids is 3. The fourth-order valence-electron chi connectivity index (χ4n) is 3.03. The Labute approximate surface area is 153 Å². The van der Waals surface area contributed by atoms with Crippen LogP contribution in [0.4, 0.5) is 0 Å². The maximum absolute atomic E-state index is 12.4. The van der Waals surface area contributed by atoms with E-state index in [-0.39, 0.29) is 18.0 Å². The van der Waals surface area contributed by atoms with Gasteiger partial charge < -0.3 is 15.5 Å². The molecule has 3 rings (SSSR count). The van der Waals surface area contributed by atoms with Gasteiger partial charge in [0, 0.05) is 38.8 Å². The van der Waals surface area contributed by atoms with E-state index in [4.69, 9.17) is 0 Å². The van der Waals surface area contributed by atoms with Gasteiger partial charge in [0.2, 0.25) is 5.91 Å². The molecule has 1 aromatic rings. The second-order valence-corrected chi connectivity index (χ2v) is 6.96. The van der Waals surface area contributed by atoms with Crippen LogP contribution in [0.3, 0.4) is 0 Å². The number of amides is 3. The van der Waals surface area contributed by atoms with E-state index in [0.717, 1.165) is 18.4 Å². The Morgan fingerprint density at radius 3 is 2.35 bits per heavy atom. The highest BCUT2D eigenvalue weighted by Crippen LogP contribution is 2.18. The van der Waals surface area contributed by atoms with Gasteiger partial charge in [-0.05, 0) is 25.3 Å². The van der Waals surface area contributed by atoms with Crippen molar-refractivity contribution in [1.29, 1.82) is 0 Å². The Bertz CT molecular complexity index is 652. The topological polar surface area (TPSA) is 81.8 Å². The number of benzene rings is 1. The zero-order chi connectivity index (χ0) is 18.5. The zero-order valence-electron chi connectivity index (χ0n) is 15.1. The molecule has 1 aliphatic carbocycles. The molecule has 2 aliphatic rings. The molecule has 0 spiro atoms. The van der Waals surface area contributed by atoms with Crippen molar-refractivity contribution in [2.45, 2.75) is 38.4 Å². The molecule has 1 saturated heterocycles. The largest absolute Gasteiger partial charge is 0.351 e. The highest BCUT2D eigenvalue weighted by atomic mass is 16.2. The quantitative estimate of drug-likeness (QED) is 0.733. The van der Waals surface area contributed by atoms with Gasteiger partial charge in [-0.1, -0.05) is 30.3 Å². The van der Waals surface area contributed by atoms with Crippen LogP contribution in [-0.4, -0.2) is 65.8 Å². The summed E-state index contributed by atoms with van der Waals surface area (Å²) in [5, 5.41) is 5.68. The summed E-state index contributed by atoms with van der Waals surface area (Å²) in [6.07, 6.45) is 1.92. The highest BCUT2D eigenvalue weighted by molar-refractivity contribution is 6.35. The summed E-state index contributed by atoms with van der Waals surface area (Å²) in [4.78, 5) is 40.0. The molecule has 2 fully saturated rings. The molecule has 1 unspecified atom stereocenters. The van der Waals surface area contributed by atoms with Crippen LogP contribution in [0, 0.1) is 0 Å². The van der Waals surface area contributed by atoms with E-state index in [9.17, 15) is 14.4 Å². The third-order valence-corrected chi connectivity index (χ3v) is 4.95. The average Bonchev–Trinajstić information content (AvgIpc) is 3.49. The molecule has 1 atom stereocenters. The van der Waals surface area contributed by atoms with Crippen LogP contribution < -0.4 is 10.6 Å². The van der Waals surface area contributed by atoms with Gasteiger partial charge in [0.25, 0.3) is 0 Å². The van der Waals surface area contributed by atoms with E-state index in [0.29, 0.717) is 32.7 Å². The van der Waals surface area contributed by atoms with Crippen LogP contribution in [0.25, 0.3) is 0 Å². The Morgan fingerprint density at radius 2 is 1.73 bits per heavy atom. The van der Waals surface area contributed by atoms with Crippen molar-refractivity contribution in [3.8, 4) is 0 Å². The van der Waals surface area contributed by atoms with Crippen molar-refractivity contribution < 1.29 is 14.4 Å². The SMILES string of the molecule is CC(C(=O)NCc1ccccc1)N1CCN(C(=O)C(=O)NC2CC2)CC1. The molecule has 1 aliphatic heterocycles. The van der Waals surface area contributed by atoms with E-state index in [1.165, 1.54) is 0 Å². The Kier molecular flexibility index (Phi) is 5.88. The fourth-order valence-corrected chi connectivity index (χ4v) is 3.03. The number of nitrogens with zero attached hydrogens (tertiary/aromatic N) is 2. The predicted octanol–water partition coefficient (Wildman–Crippen LogP) is 0.114. The Morgan fingerprint density at radius 1 is 1.08 bits per heavy atom. The first-order chi connectivity index (χ1) is 12.5. The summed E-state index contributed by atoms with van der Waals surface area (Å²) >= 11 is 0. The minimum atomic E-state index is -0.505. The molecular formula is C19H26N4O3. The van der Waals surface area contributed by atoms with Crippen LogP contribution in [0.2, 0.25) is 0 Å². The lowest BCUT2D eigenvalue weighted by atomic mass is 10.2. The smallest absolute Gasteiger partial charge is 0.311 e. The maximum Gasteiger partial charge on any atom is 0.311 e. The molecule has 1 saturated carbocycles. The molecule has 2 N–H and O–H groups in total. The second kappa shape index (κ2) is 8.31. The van der Waals surface area contributed by atoms with Gasteiger partial charge in [0.1, 0.15) is 0 Å². The van der Waals surface area contributed by atoms with Gasteiger partial charge in [-0.3, -0.25) is 19.3 Å². The normalized spacial score (nSPS) is 18.9. The molecule has 7 heteroatoms. The molecule has 26 heavy (non-hydrogen) atoms. The van der Waals surface area contributed by atoms with Gasteiger partial charge in [-0.2, -0.15) is 0 Å². The van der Waals surface area contributed by atoms with E-state index >= 15 is 0 Å². The number of carbonyl (C=O) groups is 3. The first kappa shape index (κ1) is 18.4. The van der Waals surface area contributed by atoms with Crippen molar-refractivity contribution in [3.63, 3.8) is 0 Å². The first-order valence-electron chi connectivity index (χ1n) is 9.20. The minimum absolute atomic E-state index is 0.0277. The lowest BCUT2D eigenvalue weighted by Gasteiger charge is -2.37. The Hall–Kier alpha value is -2.41. The van der Waals surface area contributed by atoms with Gasteiger partial charge >= 0.3 is 11.8 Å². The monoisotopic (exact) mass is 358 g/mol. The van der Waals surface area contributed by atoms with E-state index in [2.05, 4.69) is 10.6 Å². The summed E-state index contributed by atoms with van der Waals surface area (Å²) in [5.74, 6) is -0.993. The van der Waals surface area contributed by atoms with Crippen molar-refractivity contribution in [2.75, 3.05) is 26.2 Å². The molecule has 7 nitrogen and oxygen atoms in total. The van der Waals surface area contributed by atoms with Crippen molar-refractivity contribution in [2.24, 2.45) is 0 Å². The van der Waals surface area contributed by atoms with E-state index < -0.39 is 11.8 Å². The molecule has 140 valence electrons. The number of hydrogen-bond acceptors (Lipinski definition) is 4. The Balaban J connectivity index is 1.42. The number of nitrogens with one attached hydrogen (secondary N) is 2. The molecule has 1 heterocycles. The van der Waals surface area contributed by atoms with Crippen LogP contribution in [0.1, 0.15) is 25.3 Å². The van der Waals surface area contributed by atoms with Gasteiger partial charge in [0.05, 0.1) is 6.04 Å². The fraction of sp³-hybridized carbons (Fsp3) is 0.526. The van der Waals surface area contributed by atoms with Gasteiger partial charge in [-0.15, -0.1) is 0 Å². The molecule has 0 aromatic heterocycles. The zero-order valence-corrected chi connectivity index (χ0v) is 15.1. The number of piperazine rings is 1. The van der Waals surface area contributed by atoms with Crippen LogP contribution in [-0.2, 0) is 20.9 Å². The van der Waals surface area contributed by atoms with Crippen molar-refractivity contribution in [1.82, 2.24) is 20.4 Å². The third kappa shape index (κ3) is 4.82. The summed E-state index contributed by atoms with van der Waals surface area (Å²) in [5.41, 5.74) is 1.06. The molecule has 0 radical (unpaired) electrons. The summed E-state index contributed by atoms with van der Waals surface area (Å²) in [6, 6.07) is 9.70. The van der Waals surface area contributed by atoms with Crippen molar-refractivity contribution >= 4 is 17.7 Å². The number of rotatable bonds is 5.